The maximum absolute atomic E-state index is 14.2. The molecule has 3 amide bonds. The van der Waals surface area contributed by atoms with Gasteiger partial charge < -0.3 is 10.6 Å². The van der Waals surface area contributed by atoms with Crippen LogP contribution >= 0.6 is 0 Å². The SMILES string of the molecule is CC(C)(C)C1=N[C@](C)(c2cc(F)cc(F)c2)N(CC(=O)Nc2ccc3c(c2)C[C@@]2(C3)C(=O)Nc3ncccc32)C1=O. The van der Waals surface area contributed by atoms with E-state index < -0.39 is 39.9 Å². The molecular formula is C31H29F2N5O3. The lowest BCUT2D eigenvalue weighted by atomic mass is 9.79. The molecule has 2 atom stereocenters. The number of pyridine rings is 1. The number of rotatable bonds is 4. The maximum Gasteiger partial charge on any atom is 0.271 e. The number of hydrogen-bond acceptors (Lipinski definition) is 5. The number of nitrogens with one attached hydrogen (secondary N) is 2. The zero-order valence-electron chi connectivity index (χ0n) is 23.1. The van der Waals surface area contributed by atoms with Crippen molar-refractivity contribution in [1.29, 1.82) is 0 Å². The molecule has 3 aromatic rings. The molecule has 41 heavy (non-hydrogen) atoms. The van der Waals surface area contributed by atoms with Gasteiger partial charge in [0.25, 0.3) is 5.91 Å². The summed E-state index contributed by atoms with van der Waals surface area (Å²) in [5, 5.41) is 5.73. The summed E-state index contributed by atoms with van der Waals surface area (Å²) in [4.78, 5) is 50.0. The van der Waals surface area contributed by atoms with Gasteiger partial charge in [0.05, 0.1) is 5.41 Å². The van der Waals surface area contributed by atoms with E-state index >= 15 is 0 Å². The van der Waals surface area contributed by atoms with Crippen LogP contribution in [-0.2, 0) is 38.3 Å². The smallest absolute Gasteiger partial charge is 0.271 e. The molecule has 3 heterocycles. The van der Waals surface area contributed by atoms with Crippen LogP contribution in [0.4, 0.5) is 20.3 Å². The van der Waals surface area contributed by atoms with Crippen LogP contribution in [0.3, 0.4) is 0 Å². The average Bonchev–Trinajstić information content (AvgIpc) is 3.49. The van der Waals surface area contributed by atoms with Gasteiger partial charge in [-0.1, -0.05) is 32.9 Å². The fourth-order valence-corrected chi connectivity index (χ4v) is 6.10. The van der Waals surface area contributed by atoms with Crippen LogP contribution in [0.1, 0.15) is 49.9 Å². The first-order chi connectivity index (χ1) is 19.3. The Hall–Kier alpha value is -4.47. The number of amides is 3. The van der Waals surface area contributed by atoms with Crippen LogP contribution in [0.25, 0.3) is 0 Å². The Labute approximate surface area is 235 Å². The molecule has 2 aliphatic heterocycles. The third kappa shape index (κ3) is 4.29. The third-order valence-electron chi connectivity index (χ3n) is 8.19. The quantitative estimate of drug-likeness (QED) is 0.493. The standard InChI is InChI=1S/C31H29F2N5O3/c1-29(2,3)25-27(40)38(30(4,37-25)19-11-20(32)13-21(33)12-19)16-24(39)35-22-8-7-17-14-31(15-18(17)10-22)23-6-5-9-34-26(23)36-28(31)41/h5-13H,14-16H2,1-4H3,(H,35,39)(H,34,36,41)/t30-,31+/m0/s1. The van der Waals surface area contributed by atoms with Crippen molar-refractivity contribution in [1.82, 2.24) is 9.88 Å². The number of carbonyl (C=O) groups is 3. The molecule has 1 aliphatic carbocycles. The number of nitrogens with zero attached hydrogens (tertiary/aromatic N) is 3. The molecule has 3 aliphatic rings. The molecule has 0 saturated heterocycles. The first-order valence-electron chi connectivity index (χ1n) is 13.4. The summed E-state index contributed by atoms with van der Waals surface area (Å²) in [6.45, 7) is 6.63. The highest BCUT2D eigenvalue weighted by Crippen LogP contribution is 2.47. The number of aromatic nitrogens is 1. The molecule has 0 unspecified atom stereocenters. The molecule has 2 N–H and O–H groups in total. The number of aliphatic imine (C=N–C) groups is 1. The van der Waals surface area contributed by atoms with Gasteiger partial charge in [-0.05, 0) is 61.2 Å². The van der Waals surface area contributed by atoms with Crippen LogP contribution < -0.4 is 10.6 Å². The molecule has 10 heteroatoms. The zero-order chi connectivity index (χ0) is 29.3. The van der Waals surface area contributed by atoms with Crippen molar-refractivity contribution < 1.29 is 23.2 Å². The number of fused-ring (bicyclic) bond motifs is 3. The van der Waals surface area contributed by atoms with Crippen molar-refractivity contribution in [3.63, 3.8) is 0 Å². The second kappa shape index (κ2) is 9.02. The second-order valence-corrected chi connectivity index (χ2v) is 12.1. The summed E-state index contributed by atoms with van der Waals surface area (Å²) in [7, 11) is 0. The van der Waals surface area contributed by atoms with Crippen molar-refractivity contribution >= 4 is 34.9 Å². The van der Waals surface area contributed by atoms with E-state index in [1.165, 1.54) is 4.90 Å². The van der Waals surface area contributed by atoms with Gasteiger partial charge in [0.1, 0.15) is 29.7 Å². The van der Waals surface area contributed by atoms with Gasteiger partial charge >= 0.3 is 0 Å². The van der Waals surface area contributed by atoms with Crippen LogP contribution in [-0.4, -0.2) is 39.9 Å². The van der Waals surface area contributed by atoms with Crippen molar-refractivity contribution in [2.75, 3.05) is 17.2 Å². The Balaban J connectivity index is 1.25. The first kappa shape index (κ1) is 26.7. The van der Waals surface area contributed by atoms with Gasteiger partial charge in [0.2, 0.25) is 11.8 Å². The molecule has 1 spiro atoms. The van der Waals surface area contributed by atoms with Crippen LogP contribution in [0.15, 0.2) is 59.7 Å². The number of hydrogen-bond donors (Lipinski definition) is 2. The zero-order valence-corrected chi connectivity index (χ0v) is 23.1. The fourth-order valence-electron chi connectivity index (χ4n) is 6.10. The minimum atomic E-state index is -1.48. The molecule has 2 aromatic carbocycles. The van der Waals surface area contributed by atoms with Crippen molar-refractivity contribution in [2.45, 2.75) is 51.6 Å². The summed E-state index contributed by atoms with van der Waals surface area (Å²) in [6, 6.07) is 12.2. The maximum atomic E-state index is 14.2. The van der Waals surface area contributed by atoms with Gasteiger partial charge in [-0.15, -0.1) is 0 Å². The van der Waals surface area contributed by atoms with Crippen molar-refractivity contribution in [3.05, 3.63) is 88.6 Å². The van der Waals surface area contributed by atoms with Gasteiger partial charge in [-0.25, -0.2) is 13.8 Å². The number of carbonyl (C=O) groups excluding carboxylic acids is 3. The minimum Gasteiger partial charge on any atom is -0.325 e. The van der Waals surface area contributed by atoms with Crippen LogP contribution in [0, 0.1) is 17.0 Å². The number of anilines is 2. The molecule has 0 fully saturated rings. The van der Waals surface area contributed by atoms with E-state index in [4.69, 9.17) is 0 Å². The molecule has 0 saturated carbocycles. The Morgan fingerprint density at radius 1 is 1.05 bits per heavy atom. The summed E-state index contributed by atoms with van der Waals surface area (Å²) >= 11 is 0. The Morgan fingerprint density at radius 2 is 1.76 bits per heavy atom. The van der Waals surface area contributed by atoms with Crippen molar-refractivity contribution in [3.8, 4) is 0 Å². The van der Waals surface area contributed by atoms with Crippen LogP contribution in [0.5, 0.6) is 0 Å². The van der Waals surface area contributed by atoms with Gasteiger partial charge in [-0.3, -0.25) is 24.3 Å². The van der Waals surface area contributed by atoms with Crippen molar-refractivity contribution in [2.24, 2.45) is 10.4 Å². The summed E-state index contributed by atoms with van der Waals surface area (Å²) in [5.41, 5.74) is 0.777. The van der Waals surface area contributed by atoms with Crippen LogP contribution in [0.2, 0.25) is 0 Å². The Bertz CT molecular complexity index is 1660. The topological polar surface area (TPSA) is 104 Å². The Morgan fingerprint density at radius 3 is 2.46 bits per heavy atom. The van der Waals surface area contributed by atoms with E-state index in [9.17, 15) is 23.2 Å². The highest BCUT2D eigenvalue weighted by molar-refractivity contribution is 6.42. The predicted octanol–water partition coefficient (Wildman–Crippen LogP) is 4.49. The van der Waals surface area contributed by atoms with E-state index in [0.717, 1.165) is 34.9 Å². The predicted molar refractivity (Wildman–Crippen MR) is 149 cm³/mol. The molecule has 8 nitrogen and oxygen atoms in total. The lowest BCUT2D eigenvalue weighted by molar-refractivity contribution is -0.133. The first-order valence-corrected chi connectivity index (χ1v) is 13.4. The third-order valence-corrected chi connectivity index (χ3v) is 8.19. The fraction of sp³-hybridized carbons (Fsp3) is 0.323. The second-order valence-electron chi connectivity index (χ2n) is 12.1. The highest BCUT2D eigenvalue weighted by Gasteiger charge is 2.51. The number of halogens is 2. The summed E-state index contributed by atoms with van der Waals surface area (Å²) < 4.78 is 28.4. The lowest BCUT2D eigenvalue weighted by Crippen LogP contribution is -2.47. The monoisotopic (exact) mass is 557 g/mol. The molecule has 0 radical (unpaired) electrons. The number of benzene rings is 2. The highest BCUT2D eigenvalue weighted by atomic mass is 19.1. The molecule has 6 rings (SSSR count). The molecular weight excluding hydrogens is 528 g/mol. The van der Waals surface area contributed by atoms with E-state index in [1.54, 1.807) is 19.2 Å². The van der Waals surface area contributed by atoms with E-state index in [0.29, 0.717) is 24.3 Å². The van der Waals surface area contributed by atoms with Gasteiger partial charge in [0.15, 0.2) is 5.66 Å². The lowest BCUT2D eigenvalue weighted by Gasteiger charge is -2.33. The molecule has 0 bridgehead atoms. The van der Waals surface area contributed by atoms with Gasteiger partial charge in [0, 0.05) is 34.5 Å². The molecule has 210 valence electrons. The van der Waals surface area contributed by atoms with E-state index in [1.807, 2.05) is 45.0 Å². The largest absolute Gasteiger partial charge is 0.325 e. The Kier molecular flexibility index (Phi) is 5.88. The van der Waals surface area contributed by atoms with E-state index in [2.05, 4.69) is 20.6 Å². The molecule has 1 aromatic heterocycles. The summed E-state index contributed by atoms with van der Waals surface area (Å²) in [5.74, 6) is -2.09. The normalized spacial score (nSPS) is 23.0. The summed E-state index contributed by atoms with van der Waals surface area (Å²) in [6.07, 6.45) is 2.64. The van der Waals surface area contributed by atoms with Gasteiger partial charge in [-0.2, -0.15) is 0 Å². The average molecular weight is 558 g/mol. The minimum absolute atomic E-state index is 0.0942. The van der Waals surface area contributed by atoms with E-state index in [-0.39, 0.29) is 23.7 Å².